The topological polar surface area (TPSA) is 129 Å². The van der Waals surface area contributed by atoms with E-state index in [4.69, 9.17) is 10.5 Å². The maximum absolute atomic E-state index is 12.5. The molecule has 0 fully saturated rings. The molecule has 9 nitrogen and oxygen atoms in total. The predicted octanol–water partition coefficient (Wildman–Crippen LogP) is 1.12. The molecule has 0 radical (unpaired) electrons. The molecular weight excluding hydrogens is 312 g/mol. The third kappa shape index (κ3) is 2.44. The van der Waals surface area contributed by atoms with Crippen LogP contribution in [0.15, 0.2) is 24.5 Å². The lowest BCUT2D eigenvalue weighted by molar-refractivity contribution is -0.384. The third-order valence-electron chi connectivity index (χ3n) is 3.83. The molecule has 0 saturated heterocycles. The highest BCUT2D eigenvalue weighted by atomic mass is 16.6. The fraction of sp³-hybridized carbons (Fsp3) is 0.200. The number of carbonyl (C=O) groups is 1. The smallest absolute Gasteiger partial charge is 0.269 e. The number of aromatic nitrogens is 2. The summed E-state index contributed by atoms with van der Waals surface area (Å²) in [5, 5.41) is 28.8. The summed E-state index contributed by atoms with van der Waals surface area (Å²) in [4.78, 5) is 28.2. The minimum Gasteiger partial charge on any atom is -0.312 e. The van der Waals surface area contributed by atoms with Crippen molar-refractivity contribution < 1.29 is 9.72 Å². The lowest BCUT2D eigenvalue weighted by atomic mass is 10.1. The Morgan fingerprint density at radius 2 is 2.17 bits per heavy atom. The highest BCUT2D eigenvalue weighted by Gasteiger charge is 2.27. The molecule has 1 aliphatic heterocycles. The van der Waals surface area contributed by atoms with Crippen molar-refractivity contribution in [1.82, 2.24) is 9.55 Å². The van der Waals surface area contributed by atoms with Crippen molar-refractivity contribution in [2.75, 3.05) is 11.4 Å². The van der Waals surface area contributed by atoms with Gasteiger partial charge in [0.15, 0.2) is 11.4 Å². The van der Waals surface area contributed by atoms with Crippen LogP contribution in [0.4, 0.5) is 11.4 Å². The van der Waals surface area contributed by atoms with Crippen LogP contribution in [0.5, 0.6) is 0 Å². The lowest BCUT2D eigenvalue weighted by Gasteiger charge is -2.17. The molecule has 0 spiro atoms. The summed E-state index contributed by atoms with van der Waals surface area (Å²) >= 11 is 0. The van der Waals surface area contributed by atoms with Gasteiger partial charge in [0, 0.05) is 24.4 Å². The monoisotopic (exact) mass is 322 g/mol. The van der Waals surface area contributed by atoms with E-state index < -0.39 is 4.92 Å². The van der Waals surface area contributed by atoms with Gasteiger partial charge < -0.3 is 9.47 Å². The third-order valence-corrected chi connectivity index (χ3v) is 3.83. The van der Waals surface area contributed by atoms with Gasteiger partial charge in [-0.05, 0) is 18.1 Å². The number of benzene rings is 1. The van der Waals surface area contributed by atoms with E-state index >= 15 is 0 Å². The van der Waals surface area contributed by atoms with E-state index in [-0.39, 0.29) is 29.5 Å². The first kappa shape index (κ1) is 15.2. The number of hydrogen-bond acceptors (Lipinski definition) is 6. The zero-order chi connectivity index (χ0) is 17.3. The van der Waals surface area contributed by atoms with Gasteiger partial charge in [-0.25, -0.2) is 4.98 Å². The number of nitro benzene ring substituents is 1. The van der Waals surface area contributed by atoms with Gasteiger partial charge in [-0.2, -0.15) is 10.5 Å². The average molecular weight is 322 g/mol. The van der Waals surface area contributed by atoms with Gasteiger partial charge in [0.25, 0.3) is 5.69 Å². The SMILES string of the molecule is N#Cc1ncn(CC(=O)N2CCc3cc([N+](=O)[O-])ccc32)c1C#N. The molecule has 3 rings (SSSR count). The lowest BCUT2D eigenvalue weighted by Crippen LogP contribution is -2.32. The van der Waals surface area contributed by atoms with Crippen LogP contribution in [-0.4, -0.2) is 26.9 Å². The highest BCUT2D eigenvalue weighted by molar-refractivity contribution is 5.95. The number of nitriles is 2. The summed E-state index contributed by atoms with van der Waals surface area (Å²) in [6.07, 6.45) is 1.81. The molecule has 0 saturated carbocycles. The zero-order valence-corrected chi connectivity index (χ0v) is 12.3. The molecule has 2 aromatic rings. The number of rotatable bonds is 3. The summed E-state index contributed by atoms with van der Waals surface area (Å²) in [6, 6.07) is 8.04. The Balaban J connectivity index is 1.84. The van der Waals surface area contributed by atoms with E-state index in [1.54, 1.807) is 12.1 Å². The number of non-ortho nitro benzene ring substituents is 1. The molecule has 0 unspecified atom stereocenters. The van der Waals surface area contributed by atoms with E-state index in [1.807, 2.05) is 6.07 Å². The van der Waals surface area contributed by atoms with Crippen molar-refractivity contribution in [2.45, 2.75) is 13.0 Å². The first-order valence-electron chi connectivity index (χ1n) is 6.98. The second-order valence-electron chi connectivity index (χ2n) is 5.16. The molecule has 1 amide bonds. The molecule has 0 N–H and O–H groups in total. The number of anilines is 1. The zero-order valence-electron chi connectivity index (χ0n) is 12.3. The standard InChI is InChI=1S/C15H10N6O3/c16-6-12-14(7-17)19(9-18-12)8-15(22)20-4-3-10-5-11(21(23)24)1-2-13(10)20/h1-2,5,9H,3-4,8H2. The van der Waals surface area contributed by atoms with Crippen LogP contribution in [0, 0.1) is 32.8 Å². The van der Waals surface area contributed by atoms with E-state index in [0.29, 0.717) is 18.7 Å². The first-order chi connectivity index (χ1) is 11.5. The minimum atomic E-state index is -0.473. The summed E-state index contributed by atoms with van der Waals surface area (Å²) in [5.74, 6) is -0.277. The molecule has 1 aliphatic rings. The van der Waals surface area contributed by atoms with E-state index in [1.165, 1.54) is 27.9 Å². The van der Waals surface area contributed by atoms with Crippen LogP contribution in [0.2, 0.25) is 0 Å². The van der Waals surface area contributed by atoms with Gasteiger partial charge in [0.05, 0.1) is 11.3 Å². The molecule has 1 aromatic heterocycles. The van der Waals surface area contributed by atoms with Crippen LogP contribution in [0.1, 0.15) is 17.0 Å². The van der Waals surface area contributed by atoms with Crippen LogP contribution in [-0.2, 0) is 17.8 Å². The van der Waals surface area contributed by atoms with Crippen molar-refractivity contribution in [3.63, 3.8) is 0 Å². The minimum absolute atomic E-state index is 0.0110. The van der Waals surface area contributed by atoms with Crippen molar-refractivity contribution in [3.8, 4) is 12.1 Å². The number of hydrogen-bond donors (Lipinski definition) is 0. The Hall–Kier alpha value is -3.72. The Morgan fingerprint density at radius 3 is 2.83 bits per heavy atom. The number of amides is 1. The van der Waals surface area contributed by atoms with Crippen molar-refractivity contribution in [2.24, 2.45) is 0 Å². The fourth-order valence-electron chi connectivity index (χ4n) is 2.69. The molecular formula is C15H10N6O3. The quantitative estimate of drug-likeness (QED) is 0.615. The maximum Gasteiger partial charge on any atom is 0.269 e. The van der Waals surface area contributed by atoms with Crippen LogP contribution in [0.3, 0.4) is 0 Å². The summed E-state index contributed by atoms with van der Waals surface area (Å²) in [6.45, 7) is 0.283. The predicted molar refractivity (Wildman–Crippen MR) is 80.8 cm³/mol. The van der Waals surface area contributed by atoms with E-state index in [0.717, 1.165) is 5.56 Å². The maximum atomic E-state index is 12.5. The Kier molecular flexibility index (Phi) is 3.68. The molecule has 0 atom stereocenters. The molecule has 9 heteroatoms. The molecule has 24 heavy (non-hydrogen) atoms. The van der Waals surface area contributed by atoms with Gasteiger partial charge in [0.2, 0.25) is 5.91 Å². The van der Waals surface area contributed by atoms with Gasteiger partial charge in [-0.3, -0.25) is 14.9 Å². The number of nitro groups is 1. The summed E-state index contributed by atoms with van der Waals surface area (Å²) < 4.78 is 1.32. The van der Waals surface area contributed by atoms with E-state index in [2.05, 4.69) is 4.98 Å². The molecule has 0 bridgehead atoms. The number of nitrogens with zero attached hydrogens (tertiary/aromatic N) is 6. The van der Waals surface area contributed by atoms with Gasteiger partial charge in [0.1, 0.15) is 18.7 Å². The normalized spacial score (nSPS) is 12.3. The Labute approximate surface area is 136 Å². The van der Waals surface area contributed by atoms with Gasteiger partial charge in [-0.1, -0.05) is 0 Å². The van der Waals surface area contributed by atoms with Crippen molar-refractivity contribution in [3.05, 3.63) is 51.6 Å². The van der Waals surface area contributed by atoms with Gasteiger partial charge >= 0.3 is 0 Å². The number of carbonyl (C=O) groups excluding carboxylic acids is 1. The molecule has 0 aliphatic carbocycles. The van der Waals surface area contributed by atoms with Crippen molar-refractivity contribution >= 4 is 17.3 Å². The Morgan fingerprint density at radius 1 is 1.38 bits per heavy atom. The number of fused-ring (bicyclic) bond motifs is 1. The number of imidazole rings is 1. The molecule has 118 valence electrons. The molecule has 1 aromatic carbocycles. The second-order valence-corrected chi connectivity index (χ2v) is 5.16. The first-order valence-corrected chi connectivity index (χ1v) is 6.98. The average Bonchev–Trinajstić information content (AvgIpc) is 3.17. The van der Waals surface area contributed by atoms with E-state index in [9.17, 15) is 14.9 Å². The Bertz CT molecular complexity index is 934. The van der Waals surface area contributed by atoms with Crippen LogP contribution < -0.4 is 4.90 Å². The summed E-state index contributed by atoms with van der Waals surface area (Å²) in [7, 11) is 0. The largest absolute Gasteiger partial charge is 0.312 e. The van der Waals surface area contributed by atoms with Crippen LogP contribution >= 0.6 is 0 Å². The second kappa shape index (κ2) is 5.82. The highest BCUT2D eigenvalue weighted by Crippen LogP contribution is 2.31. The fourth-order valence-corrected chi connectivity index (χ4v) is 2.69. The van der Waals surface area contributed by atoms with Crippen molar-refractivity contribution in [1.29, 1.82) is 10.5 Å². The molecule has 2 heterocycles. The summed E-state index contributed by atoms with van der Waals surface area (Å²) in [5.41, 5.74) is 1.37. The van der Waals surface area contributed by atoms with Crippen LogP contribution in [0.25, 0.3) is 0 Å². The van der Waals surface area contributed by atoms with Gasteiger partial charge in [-0.15, -0.1) is 0 Å².